The summed E-state index contributed by atoms with van der Waals surface area (Å²) < 4.78 is 0. The lowest BCUT2D eigenvalue weighted by molar-refractivity contribution is 0.0762. The number of rotatable bonds is 0. The van der Waals surface area contributed by atoms with Crippen LogP contribution in [0.25, 0.3) is 0 Å². The zero-order valence-electron chi connectivity index (χ0n) is 14.4. The Hall–Kier alpha value is -1.28. The summed E-state index contributed by atoms with van der Waals surface area (Å²) in [5, 5.41) is 0. The molecule has 2 bridgehead atoms. The molecule has 120 valence electrons. The van der Waals surface area contributed by atoms with E-state index in [1.54, 1.807) is 5.56 Å². The molecule has 6 atom stereocenters. The third-order valence-corrected chi connectivity index (χ3v) is 8.80. The number of benzene rings is 1. The lowest BCUT2D eigenvalue weighted by atomic mass is 9.57. The van der Waals surface area contributed by atoms with Crippen LogP contribution in [0.1, 0.15) is 32.3 Å². The zero-order valence-corrected chi connectivity index (χ0v) is 14.4. The van der Waals surface area contributed by atoms with Crippen LogP contribution < -0.4 is 4.90 Å². The fourth-order valence-electron chi connectivity index (χ4n) is 8.66. The lowest BCUT2D eigenvalue weighted by Crippen LogP contribution is -2.63. The van der Waals surface area contributed by atoms with E-state index >= 15 is 0 Å². The van der Waals surface area contributed by atoms with Crippen LogP contribution in [0, 0.1) is 17.3 Å². The van der Waals surface area contributed by atoms with Gasteiger partial charge in [0.15, 0.2) is 0 Å². The van der Waals surface area contributed by atoms with Gasteiger partial charge in [0.1, 0.15) is 0 Å². The molecule has 0 N–H and O–H groups in total. The van der Waals surface area contributed by atoms with Crippen molar-refractivity contribution in [3.63, 3.8) is 0 Å². The molecule has 3 heterocycles. The molecule has 2 saturated carbocycles. The third kappa shape index (κ3) is 0.966. The maximum Gasteiger partial charge on any atom is 0.0572 e. The number of hydrogen-bond acceptors (Lipinski definition) is 2. The van der Waals surface area contributed by atoms with Crippen LogP contribution >= 0.6 is 0 Å². The number of fused-ring (bicyclic) bond motifs is 1. The van der Waals surface area contributed by atoms with Crippen molar-refractivity contribution in [2.45, 2.75) is 43.7 Å². The molecule has 6 rings (SSSR count). The van der Waals surface area contributed by atoms with Crippen LogP contribution in [-0.4, -0.2) is 36.6 Å². The zero-order chi connectivity index (χ0) is 15.6. The van der Waals surface area contributed by atoms with Crippen molar-refractivity contribution in [2.24, 2.45) is 17.3 Å². The van der Waals surface area contributed by atoms with Gasteiger partial charge in [0.2, 0.25) is 0 Å². The molecule has 5 aliphatic rings. The number of nitrogens with zero attached hydrogens (tertiary/aromatic N) is 2. The van der Waals surface area contributed by atoms with Gasteiger partial charge < -0.3 is 4.90 Å². The van der Waals surface area contributed by atoms with E-state index in [2.05, 4.69) is 67.1 Å². The summed E-state index contributed by atoms with van der Waals surface area (Å²) in [5.41, 5.74) is 4.23. The van der Waals surface area contributed by atoms with Crippen LogP contribution in [0.2, 0.25) is 0 Å². The van der Waals surface area contributed by atoms with Gasteiger partial charge >= 0.3 is 0 Å². The number of anilines is 1. The predicted molar refractivity (Wildman–Crippen MR) is 93.8 cm³/mol. The predicted octanol–water partition coefficient (Wildman–Crippen LogP) is 3.43. The first-order chi connectivity index (χ1) is 11.1. The quantitative estimate of drug-likeness (QED) is 0.678. The smallest absolute Gasteiger partial charge is 0.0572 e. The Kier molecular flexibility index (Phi) is 2.01. The minimum Gasteiger partial charge on any atom is -0.367 e. The van der Waals surface area contributed by atoms with Crippen molar-refractivity contribution in [3.8, 4) is 0 Å². The summed E-state index contributed by atoms with van der Waals surface area (Å²) in [6, 6.07) is 10.1. The van der Waals surface area contributed by atoms with E-state index in [-0.39, 0.29) is 0 Å². The van der Waals surface area contributed by atoms with Gasteiger partial charge in [0.25, 0.3) is 0 Å². The monoisotopic (exact) mass is 306 g/mol. The maximum atomic E-state index is 2.82. The molecule has 0 aromatic heterocycles. The highest BCUT2D eigenvalue weighted by Crippen LogP contribution is 2.80. The first-order valence-electron chi connectivity index (χ1n) is 9.36. The van der Waals surface area contributed by atoms with E-state index in [0.717, 1.165) is 24.4 Å². The van der Waals surface area contributed by atoms with Crippen molar-refractivity contribution < 1.29 is 0 Å². The molecule has 3 spiro atoms. The molecular formula is C21H26N2. The van der Waals surface area contributed by atoms with Gasteiger partial charge in [0.05, 0.1) is 5.54 Å². The largest absolute Gasteiger partial charge is 0.367 e. The second-order valence-electron chi connectivity index (χ2n) is 8.86. The van der Waals surface area contributed by atoms with E-state index in [0.29, 0.717) is 16.4 Å². The maximum absolute atomic E-state index is 2.82. The van der Waals surface area contributed by atoms with E-state index in [1.165, 1.54) is 25.1 Å². The summed E-state index contributed by atoms with van der Waals surface area (Å²) in [4.78, 5) is 5.54. The van der Waals surface area contributed by atoms with Crippen molar-refractivity contribution >= 4 is 5.69 Å². The lowest BCUT2D eigenvalue weighted by Gasteiger charge is -2.53. The Morgan fingerprint density at radius 1 is 1.17 bits per heavy atom. The molecule has 1 aromatic rings. The van der Waals surface area contributed by atoms with Crippen LogP contribution in [0.15, 0.2) is 36.4 Å². The fourth-order valence-corrected chi connectivity index (χ4v) is 8.66. The molecule has 0 amide bonds. The molecule has 1 saturated heterocycles. The van der Waals surface area contributed by atoms with Crippen molar-refractivity contribution in [1.82, 2.24) is 4.90 Å². The summed E-state index contributed by atoms with van der Waals surface area (Å²) in [6.07, 6.45) is 7.83. The Labute approximate surface area is 139 Å². The Bertz CT molecular complexity index is 754. The van der Waals surface area contributed by atoms with Crippen LogP contribution in [0.5, 0.6) is 0 Å². The first-order valence-corrected chi connectivity index (χ1v) is 9.36. The summed E-state index contributed by atoms with van der Waals surface area (Å²) in [5.74, 6) is 1.49. The standard InChI is InChI=1S/C21H26N2/c1-14-13-19-9-6-11-23-12-10-20(18(19)23)16-7-4-5-8-17(16)22(3)21(14,20)15(19)2/h4-9,14-15,18H,10-13H2,1-3H3/t14-,15?,18+,19-,20+,21+/m1/s1. The molecular weight excluding hydrogens is 280 g/mol. The van der Waals surface area contributed by atoms with Gasteiger partial charge in [-0.3, -0.25) is 4.90 Å². The molecule has 1 unspecified atom stereocenters. The van der Waals surface area contributed by atoms with E-state index < -0.39 is 0 Å². The topological polar surface area (TPSA) is 6.48 Å². The first kappa shape index (κ1) is 13.1. The summed E-state index contributed by atoms with van der Waals surface area (Å²) in [6.45, 7) is 7.55. The van der Waals surface area contributed by atoms with Gasteiger partial charge in [-0.25, -0.2) is 0 Å². The van der Waals surface area contributed by atoms with Gasteiger partial charge in [0, 0.05) is 36.2 Å². The van der Waals surface area contributed by atoms with Crippen molar-refractivity contribution in [3.05, 3.63) is 42.0 Å². The normalized spacial score (nSPS) is 52.0. The van der Waals surface area contributed by atoms with Crippen molar-refractivity contribution in [2.75, 3.05) is 25.0 Å². The Morgan fingerprint density at radius 3 is 2.87 bits per heavy atom. The van der Waals surface area contributed by atoms with Crippen LogP contribution in [-0.2, 0) is 5.41 Å². The number of para-hydroxylation sites is 1. The molecule has 1 aromatic carbocycles. The van der Waals surface area contributed by atoms with Gasteiger partial charge in [-0.1, -0.05) is 44.2 Å². The second kappa shape index (κ2) is 3.54. The number of likely N-dealkylation sites (N-methyl/N-ethyl adjacent to an activating group) is 1. The molecule has 23 heavy (non-hydrogen) atoms. The van der Waals surface area contributed by atoms with E-state index in [9.17, 15) is 0 Å². The molecule has 0 radical (unpaired) electrons. The van der Waals surface area contributed by atoms with Gasteiger partial charge in [-0.15, -0.1) is 0 Å². The Morgan fingerprint density at radius 2 is 2.00 bits per heavy atom. The third-order valence-electron chi connectivity index (χ3n) is 8.80. The highest BCUT2D eigenvalue weighted by Gasteiger charge is 2.85. The van der Waals surface area contributed by atoms with E-state index in [4.69, 9.17) is 0 Å². The average Bonchev–Trinajstić information content (AvgIpc) is 3.18. The number of hydrogen-bond donors (Lipinski definition) is 0. The Balaban J connectivity index is 1.76. The highest BCUT2D eigenvalue weighted by molar-refractivity contribution is 5.72. The van der Waals surface area contributed by atoms with Crippen LogP contribution in [0.3, 0.4) is 0 Å². The SMILES string of the molecule is CC1[C@@]23[C@H](C)C[C@]14C=CCN1CC[C@]2(c2ccccc2N3C)[C@@H]14. The molecule has 2 nitrogen and oxygen atoms in total. The van der Waals surface area contributed by atoms with Gasteiger partial charge in [-0.2, -0.15) is 0 Å². The molecule has 2 aliphatic carbocycles. The highest BCUT2D eigenvalue weighted by atomic mass is 15.3. The fraction of sp³-hybridized carbons (Fsp3) is 0.619. The van der Waals surface area contributed by atoms with Crippen molar-refractivity contribution in [1.29, 1.82) is 0 Å². The summed E-state index contributed by atoms with van der Waals surface area (Å²) in [7, 11) is 2.39. The summed E-state index contributed by atoms with van der Waals surface area (Å²) >= 11 is 0. The minimum absolute atomic E-state index is 0.310. The molecule has 2 heteroatoms. The average molecular weight is 306 g/mol. The van der Waals surface area contributed by atoms with E-state index in [1.807, 2.05) is 0 Å². The second-order valence-corrected chi connectivity index (χ2v) is 8.86. The molecule has 3 aliphatic heterocycles. The minimum atomic E-state index is 0.310. The molecule has 3 fully saturated rings. The van der Waals surface area contributed by atoms with Gasteiger partial charge in [-0.05, 0) is 42.9 Å². The van der Waals surface area contributed by atoms with Crippen LogP contribution in [0.4, 0.5) is 5.69 Å².